The van der Waals surface area contributed by atoms with Crippen LogP contribution >= 0.6 is 11.3 Å². The van der Waals surface area contributed by atoms with Crippen LogP contribution in [0.2, 0.25) is 0 Å². The summed E-state index contributed by atoms with van der Waals surface area (Å²) in [5, 5.41) is 3.06. The maximum absolute atomic E-state index is 11.9. The van der Waals surface area contributed by atoms with Gasteiger partial charge in [0.1, 0.15) is 0 Å². The van der Waals surface area contributed by atoms with Gasteiger partial charge in [0.05, 0.1) is 4.88 Å². The third-order valence-electron chi connectivity index (χ3n) is 3.47. The summed E-state index contributed by atoms with van der Waals surface area (Å²) >= 11 is 1.70. The molecular weight excluding hydrogens is 218 g/mol. The molecular formula is C13H17NOS. The van der Waals surface area contributed by atoms with E-state index in [1.54, 1.807) is 11.3 Å². The fourth-order valence-corrected chi connectivity index (χ4v) is 3.41. The number of hydrogen-bond acceptors (Lipinski definition) is 2. The largest absolute Gasteiger partial charge is 0.349 e. The summed E-state index contributed by atoms with van der Waals surface area (Å²) in [4.78, 5) is 14.3. The molecule has 86 valence electrons. The molecule has 0 saturated heterocycles. The molecule has 0 aliphatic heterocycles. The Bertz CT molecular complexity index is 420. The Labute approximate surface area is 100 Å². The number of aryl methyl sites for hydroxylation is 1. The van der Waals surface area contributed by atoms with Gasteiger partial charge >= 0.3 is 0 Å². The fourth-order valence-electron chi connectivity index (χ4n) is 2.30. The van der Waals surface area contributed by atoms with Crippen LogP contribution in [0.15, 0.2) is 6.07 Å². The molecule has 1 fully saturated rings. The first-order valence-electron chi connectivity index (χ1n) is 6.15. The summed E-state index contributed by atoms with van der Waals surface area (Å²) in [6.45, 7) is 2.30. The Kier molecular flexibility index (Phi) is 2.51. The van der Waals surface area contributed by atoms with E-state index in [9.17, 15) is 4.79 Å². The minimum atomic E-state index is 0.148. The lowest BCUT2D eigenvalue weighted by atomic mass is 9.90. The second-order valence-electron chi connectivity index (χ2n) is 5.15. The molecule has 0 radical (unpaired) electrons. The van der Waals surface area contributed by atoms with Crippen molar-refractivity contribution in [2.45, 2.75) is 45.1 Å². The Balaban J connectivity index is 1.77. The van der Waals surface area contributed by atoms with Gasteiger partial charge in [0.25, 0.3) is 5.91 Å². The molecule has 2 nitrogen and oxygen atoms in total. The summed E-state index contributed by atoms with van der Waals surface area (Å²) in [6, 6.07) is 2.58. The van der Waals surface area contributed by atoms with Crippen molar-refractivity contribution in [1.82, 2.24) is 5.32 Å². The number of fused-ring (bicyclic) bond motifs is 1. The monoisotopic (exact) mass is 235 g/mol. The zero-order valence-corrected chi connectivity index (χ0v) is 10.4. The maximum atomic E-state index is 11.9. The van der Waals surface area contributed by atoms with Crippen molar-refractivity contribution in [2.24, 2.45) is 5.92 Å². The quantitative estimate of drug-likeness (QED) is 0.839. The smallest absolute Gasteiger partial charge is 0.261 e. The van der Waals surface area contributed by atoms with Crippen LogP contribution in [-0.2, 0) is 12.8 Å². The van der Waals surface area contributed by atoms with Crippen LogP contribution in [0.25, 0.3) is 0 Å². The molecule has 1 unspecified atom stereocenters. The molecule has 3 heteroatoms. The van der Waals surface area contributed by atoms with E-state index >= 15 is 0 Å². The van der Waals surface area contributed by atoms with Gasteiger partial charge in [0.2, 0.25) is 0 Å². The molecule has 1 saturated carbocycles. The van der Waals surface area contributed by atoms with E-state index in [1.165, 1.54) is 16.9 Å². The van der Waals surface area contributed by atoms with Gasteiger partial charge in [-0.3, -0.25) is 4.79 Å². The van der Waals surface area contributed by atoms with Gasteiger partial charge in [0.15, 0.2) is 0 Å². The summed E-state index contributed by atoms with van der Waals surface area (Å²) in [7, 11) is 0. The molecule has 1 N–H and O–H groups in total. The number of amides is 1. The topological polar surface area (TPSA) is 29.1 Å². The number of carbonyl (C=O) groups is 1. The van der Waals surface area contributed by atoms with Crippen molar-refractivity contribution < 1.29 is 4.79 Å². The molecule has 16 heavy (non-hydrogen) atoms. The first-order valence-corrected chi connectivity index (χ1v) is 6.96. The van der Waals surface area contributed by atoms with Crippen molar-refractivity contribution in [2.75, 3.05) is 0 Å². The molecule has 0 aromatic carbocycles. The van der Waals surface area contributed by atoms with Crippen molar-refractivity contribution in [1.29, 1.82) is 0 Å². The summed E-state index contributed by atoms with van der Waals surface area (Å²) in [5.41, 5.74) is 1.42. The van der Waals surface area contributed by atoms with Gasteiger partial charge in [-0.1, -0.05) is 6.92 Å². The van der Waals surface area contributed by atoms with E-state index < -0.39 is 0 Å². The van der Waals surface area contributed by atoms with Crippen LogP contribution in [-0.4, -0.2) is 11.9 Å². The number of carbonyl (C=O) groups excluding carboxylic acids is 1. The van der Waals surface area contributed by atoms with Crippen LogP contribution in [0.3, 0.4) is 0 Å². The standard InChI is InChI=1S/C13H17NOS/c1-8-2-5-11-9(6-8)7-12(16-11)13(15)14-10-3-4-10/h7-8,10H,2-6H2,1H3,(H,14,15). The number of rotatable bonds is 2. The molecule has 2 aliphatic rings. The predicted octanol–water partition coefficient (Wildman–Crippen LogP) is 2.77. The van der Waals surface area contributed by atoms with Crippen LogP contribution < -0.4 is 5.32 Å². The van der Waals surface area contributed by atoms with Crippen LogP contribution in [0.5, 0.6) is 0 Å². The van der Waals surface area contributed by atoms with E-state index in [-0.39, 0.29) is 5.91 Å². The van der Waals surface area contributed by atoms with E-state index in [0.29, 0.717) is 6.04 Å². The lowest BCUT2D eigenvalue weighted by molar-refractivity contribution is 0.0955. The molecule has 0 bridgehead atoms. The molecule has 1 aromatic rings. The van der Waals surface area contributed by atoms with E-state index in [0.717, 1.165) is 36.5 Å². The number of thiophene rings is 1. The lowest BCUT2D eigenvalue weighted by Crippen LogP contribution is -2.24. The number of nitrogens with one attached hydrogen (secondary N) is 1. The Morgan fingerprint density at radius 1 is 1.44 bits per heavy atom. The van der Waals surface area contributed by atoms with E-state index in [1.807, 2.05) is 0 Å². The predicted molar refractivity (Wildman–Crippen MR) is 66.0 cm³/mol. The van der Waals surface area contributed by atoms with Crippen molar-refractivity contribution in [3.8, 4) is 0 Å². The summed E-state index contributed by atoms with van der Waals surface area (Å²) in [5.74, 6) is 0.927. The molecule has 1 aromatic heterocycles. The van der Waals surface area contributed by atoms with Crippen LogP contribution in [0, 0.1) is 5.92 Å². The molecule has 2 aliphatic carbocycles. The minimum absolute atomic E-state index is 0.148. The first kappa shape index (κ1) is 10.3. The Morgan fingerprint density at radius 3 is 3.00 bits per heavy atom. The summed E-state index contributed by atoms with van der Waals surface area (Å²) in [6.07, 6.45) is 5.92. The van der Waals surface area contributed by atoms with Crippen LogP contribution in [0.4, 0.5) is 0 Å². The number of hydrogen-bond donors (Lipinski definition) is 1. The van der Waals surface area contributed by atoms with E-state index in [4.69, 9.17) is 0 Å². The average Bonchev–Trinajstić information content (AvgIpc) is 2.95. The molecule has 0 spiro atoms. The normalized spacial score (nSPS) is 23.9. The summed E-state index contributed by atoms with van der Waals surface area (Å²) < 4.78 is 0. The van der Waals surface area contributed by atoms with Gasteiger partial charge in [-0.15, -0.1) is 11.3 Å². The maximum Gasteiger partial charge on any atom is 0.261 e. The average molecular weight is 235 g/mol. The highest BCUT2D eigenvalue weighted by molar-refractivity contribution is 7.14. The SMILES string of the molecule is CC1CCc2sc(C(=O)NC3CC3)cc2C1. The van der Waals surface area contributed by atoms with Crippen molar-refractivity contribution >= 4 is 17.2 Å². The third kappa shape index (κ3) is 2.01. The lowest BCUT2D eigenvalue weighted by Gasteiger charge is -2.16. The van der Waals surface area contributed by atoms with E-state index in [2.05, 4.69) is 18.3 Å². The second-order valence-corrected chi connectivity index (χ2v) is 6.29. The Hall–Kier alpha value is -0.830. The highest BCUT2D eigenvalue weighted by Crippen LogP contribution is 2.32. The Morgan fingerprint density at radius 2 is 2.25 bits per heavy atom. The van der Waals surface area contributed by atoms with Gasteiger partial charge in [0, 0.05) is 10.9 Å². The molecule has 1 amide bonds. The van der Waals surface area contributed by atoms with Gasteiger partial charge in [-0.2, -0.15) is 0 Å². The first-order chi connectivity index (χ1) is 7.72. The van der Waals surface area contributed by atoms with Crippen LogP contribution in [0.1, 0.15) is 46.3 Å². The molecule has 1 heterocycles. The minimum Gasteiger partial charge on any atom is -0.349 e. The zero-order valence-electron chi connectivity index (χ0n) is 9.58. The van der Waals surface area contributed by atoms with Crippen molar-refractivity contribution in [3.63, 3.8) is 0 Å². The van der Waals surface area contributed by atoms with Crippen molar-refractivity contribution in [3.05, 3.63) is 21.4 Å². The zero-order chi connectivity index (χ0) is 11.1. The molecule has 1 atom stereocenters. The van der Waals surface area contributed by atoms with Gasteiger partial charge in [-0.05, 0) is 49.7 Å². The molecule has 3 rings (SSSR count). The highest BCUT2D eigenvalue weighted by Gasteiger charge is 2.26. The highest BCUT2D eigenvalue weighted by atomic mass is 32.1. The second kappa shape index (κ2) is 3.88. The third-order valence-corrected chi connectivity index (χ3v) is 4.70. The fraction of sp³-hybridized carbons (Fsp3) is 0.615. The van der Waals surface area contributed by atoms with Gasteiger partial charge < -0.3 is 5.32 Å². The van der Waals surface area contributed by atoms with Gasteiger partial charge in [-0.25, -0.2) is 0 Å².